The van der Waals surface area contributed by atoms with Gasteiger partial charge in [0.05, 0.1) is 33.6 Å². The molecule has 0 N–H and O–H groups in total. The molecule has 4 amide bonds. The van der Waals surface area contributed by atoms with E-state index < -0.39 is 0 Å². The summed E-state index contributed by atoms with van der Waals surface area (Å²) >= 11 is 0. The van der Waals surface area contributed by atoms with E-state index in [0.717, 1.165) is 9.80 Å². The lowest BCUT2D eigenvalue weighted by Crippen LogP contribution is -2.29. The van der Waals surface area contributed by atoms with Crippen LogP contribution in [0.15, 0.2) is 95.4 Å². The van der Waals surface area contributed by atoms with Gasteiger partial charge < -0.3 is 4.42 Å². The van der Waals surface area contributed by atoms with Crippen LogP contribution < -0.4 is 9.80 Å². The molecule has 0 saturated heterocycles. The van der Waals surface area contributed by atoms with E-state index in [0.29, 0.717) is 56.2 Å². The summed E-state index contributed by atoms with van der Waals surface area (Å²) < 4.78 is 5.90. The lowest BCUT2D eigenvalue weighted by molar-refractivity contribution is 0.0910. The van der Waals surface area contributed by atoms with E-state index in [-0.39, 0.29) is 23.6 Å². The SMILES string of the molecule is O=C1c2ccccc2C(=O)N1c1ccc(-c2nc3cc(N4C(=O)c5ccccc5C4=O)ccc3o2)cc1. The van der Waals surface area contributed by atoms with E-state index in [9.17, 15) is 19.2 Å². The molecule has 8 heteroatoms. The van der Waals surface area contributed by atoms with Gasteiger partial charge in [0.1, 0.15) is 5.52 Å². The summed E-state index contributed by atoms with van der Waals surface area (Å²) in [6.45, 7) is 0. The molecule has 7 rings (SSSR count). The standard InChI is InChI=1S/C29H15N3O5/c33-26-19-5-1-2-6-20(19)27(34)31(26)17-11-9-16(10-12-17)25-30-23-15-18(13-14-24(23)37-25)32-28(35)21-7-3-4-8-22(21)29(32)36/h1-15H. The first-order valence-electron chi connectivity index (χ1n) is 11.5. The lowest BCUT2D eigenvalue weighted by atomic mass is 10.1. The van der Waals surface area contributed by atoms with Crippen molar-refractivity contribution >= 4 is 46.1 Å². The number of rotatable bonds is 3. The van der Waals surface area contributed by atoms with Crippen molar-refractivity contribution in [3.8, 4) is 11.5 Å². The summed E-state index contributed by atoms with van der Waals surface area (Å²) in [5, 5.41) is 0. The maximum atomic E-state index is 12.8. The molecule has 0 aliphatic carbocycles. The fourth-order valence-electron chi connectivity index (χ4n) is 4.78. The third-order valence-corrected chi connectivity index (χ3v) is 6.59. The first-order chi connectivity index (χ1) is 18.0. The first kappa shape index (κ1) is 21.0. The van der Waals surface area contributed by atoms with Gasteiger partial charge in [-0.25, -0.2) is 14.8 Å². The highest BCUT2D eigenvalue weighted by molar-refractivity contribution is 6.35. The van der Waals surface area contributed by atoms with Crippen LogP contribution in [0.3, 0.4) is 0 Å². The number of aromatic nitrogens is 1. The van der Waals surface area contributed by atoms with Gasteiger partial charge in [0.15, 0.2) is 5.58 Å². The van der Waals surface area contributed by atoms with Crippen LogP contribution in [0.1, 0.15) is 41.4 Å². The van der Waals surface area contributed by atoms with E-state index in [1.54, 1.807) is 91.0 Å². The van der Waals surface area contributed by atoms with Gasteiger partial charge in [0.2, 0.25) is 5.89 Å². The van der Waals surface area contributed by atoms with Gasteiger partial charge in [-0.15, -0.1) is 0 Å². The van der Waals surface area contributed by atoms with Crippen molar-refractivity contribution in [3.05, 3.63) is 113 Å². The smallest absolute Gasteiger partial charge is 0.266 e. The summed E-state index contributed by atoms with van der Waals surface area (Å²) in [5.41, 5.74) is 3.94. The second kappa shape index (κ2) is 7.56. The minimum absolute atomic E-state index is 0.323. The Hall–Kier alpha value is -5.37. The van der Waals surface area contributed by atoms with Gasteiger partial charge in [-0.1, -0.05) is 24.3 Å². The zero-order valence-corrected chi connectivity index (χ0v) is 19.0. The highest BCUT2D eigenvalue weighted by Gasteiger charge is 2.37. The second-order valence-electron chi connectivity index (χ2n) is 8.70. The highest BCUT2D eigenvalue weighted by Crippen LogP contribution is 2.34. The molecule has 176 valence electrons. The van der Waals surface area contributed by atoms with Crippen LogP contribution in [0.5, 0.6) is 0 Å². The number of amides is 4. The molecule has 0 spiro atoms. The topological polar surface area (TPSA) is 101 Å². The van der Waals surface area contributed by atoms with Crippen molar-refractivity contribution in [3.63, 3.8) is 0 Å². The largest absolute Gasteiger partial charge is 0.436 e. The number of hydrogen-bond acceptors (Lipinski definition) is 6. The Labute approximate surface area is 209 Å². The third kappa shape index (κ3) is 2.99. The van der Waals surface area contributed by atoms with Crippen LogP contribution in [0, 0.1) is 0 Å². The van der Waals surface area contributed by atoms with Crippen molar-refractivity contribution in [2.24, 2.45) is 0 Å². The van der Waals surface area contributed by atoms with Crippen molar-refractivity contribution in [2.45, 2.75) is 0 Å². The quantitative estimate of drug-likeness (QED) is 0.330. The molecule has 2 aliphatic heterocycles. The fraction of sp³-hybridized carbons (Fsp3) is 0. The lowest BCUT2D eigenvalue weighted by Gasteiger charge is -2.13. The Morgan fingerprint density at radius 3 is 1.51 bits per heavy atom. The molecular weight excluding hydrogens is 470 g/mol. The number of carbonyl (C=O) groups excluding carboxylic acids is 4. The van der Waals surface area contributed by atoms with Crippen LogP contribution in [-0.2, 0) is 0 Å². The van der Waals surface area contributed by atoms with Gasteiger partial charge in [-0.05, 0) is 66.7 Å². The zero-order chi connectivity index (χ0) is 25.3. The van der Waals surface area contributed by atoms with Gasteiger partial charge in [-0.2, -0.15) is 0 Å². The zero-order valence-electron chi connectivity index (χ0n) is 19.0. The minimum Gasteiger partial charge on any atom is -0.436 e. The van der Waals surface area contributed by atoms with Gasteiger partial charge >= 0.3 is 0 Å². The monoisotopic (exact) mass is 485 g/mol. The number of hydrogen-bond donors (Lipinski definition) is 0. The van der Waals surface area contributed by atoms with Gasteiger partial charge in [-0.3, -0.25) is 19.2 Å². The Bertz CT molecular complexity index is 1750. The predicted octanol–water partition coefficient (Wildman–Crippen LogP) is 5.10. The molecule has 4 aromatic carbocycles. The number of carbonyl (C=O) groups is 4. The average Bonchev–Trinajstić information content (AvgIpc) is 3.55. The van der Waals surface area contributed by atoms with Crippen LogP contribution in [0.4, 0.5) is 11.4 Å². The Kier molecular flexibility index (Phi) is 4.28. The van der Waals surface area contributed by atoms with E-state index in [1.807, 2.05) is 0 Å². The van der Waals surface area contributed by atoms with Gasteiger partial charge in [0, 0.05) is 5.56 Å². The molecule has 0 saturated carbocycles. The van der Waals surface area contributed by atoms with Gasteiger partial charge in [0.25, 0.3) is 23.6 Å². The fourth-order valence-corrected chi connectivity index (χ4v) is 4.78. The van der Waals surface area contributed by atoms with Crippen molar-refractivity contribution in [1.29, 1.82) is 0 Å². The normalized spacial score (nSPS) is 14.6. The van der Waals surface area contributed by atoms with E-state index >= 15 is 0 Å². The Morgan fingerprint density at radius 2 is 1.00 bits per heavy atom. The molecule has 0 fully saturated rings. The molecule has 0 bridgehead atoms. The minimum atomic E-state index is -0.382. The maximum absolute atomic E-state index is 12.8. The second-order valence-corrected chi connectivity index (χ2v) is 8.70. The summed E-state index contributed by atoms with van der Waals surface area (Å²) in [6, 6.07) is 25.1. The van der Waals surface area contributed by atoms with E-state index in [2.05, 4.69) is 4.98 Å². The molecule has 0 atom stereocenters. The Morgan fingerprint density at radius 1 is 0.541 bits per heavy atom. The number of nitrogens with zero attached hydrogens (tertiary/aromatic N) is 3. The molecule has 37 heavy (non-hydrogen) atoms. The van der Waals surface area contributed by atoms with Crippen molar-refractivity contribution < 1.29 is 23.6 Å². The van der Waals surface area contributed by atoms with Crippen LogP contribution >= 0.6 is 0 Å². The number of anilines is 2. The van der Waals surface area contributed by atoms with Crippen molar-refractivity contribution in [2.75, 3.05) is 9.80 Å². The molecule has 8 nitrogen and oxygen atoms in total. The average molecular weight is 485 g/mol. The van der Waals surface area contributed by atoms with Crippen LogP contribution in [-0.4, -0.2) is 28.6 Å². The molecule has 5 aromatic rings. The van der Waals surface area contributed by atoms with Crippen LogP contribution in [0.25, 0.3) is 22.6 Å². The van der Waals surface area contributed by atoms with Crippen LogP contribution in [0.2, 0.25) is 0 Å². The summed E-state index contributed by atoms with van der Waals surface area (Å²) in [4.78, 5) is 58.0. The van der Waals surface area contributed by atoms with Crippen molar-refractivity contribution in [1.82, 2.24) is 4.98 Å². The number of fused-ring (bicyclic) bond motifs is 3. The molecule has 0 unspecified atom stereocenters. The first-order valence-corrected chi connectivity index (χ1v) is 11.5. The number of oxazole rings is 1. The summed E-state index contributed by atoms with van der Waals surface area (Å²) in [6.07, 6.45) is 0. The molecule has 3 heterocycles. The maximum Gasteiger partial charge on any atom is 0.266 e. The molecular formula is C29H15N3O5. The number of benzene rings is 4. The van der Waals surface area contributed by atoms with E-state index in [4.69, 9.17) is 4.42 Å². The predicted molar refractivity (Wildman–Crippen MR) is 135 cm³/mol. The third-order valence-electron chi connectivity index (χ3n) is 6.59. The Balaban J connectivity index is 1.19. The van der Waals surface area contributed by atoms with E-state index in [1.165, 1.54) is 0 Å². The highest BCUT2D eigenvalue weighted by atomic mass is 16.3. The number of imide groups is 2. The summed E-state index contributed by atoms with van der Waals surface area (Å²) in [7, 11) is 0. The molecule has 0 radical (unpaired) electrons. The molecule has 2 aliphatic rings. The molecule has 1 aromatic heterocycles. The summed E-state index contributed by atoms with van der Waals surface area (Å²) in [5.74, 6) is -1.17.